The second-order valence-corrected chi connectivity index (χ2v) is 6.53. The fourth-order valence-corrected chi connectivity index (χ4v) is 2.99. The number of hydrogen-bond donors (Lipinski definition) is 1. The zero-order chi connectivity index (χ0) is 15.3. The summed E-state index contributed by atoms with van der Waals surface area (Å²) in [4.78, 5) is 0. The fraction of sp³-hybridized carbons (Fsp3) is 0.200. The van der Waals surface area contributed by atoms with Gasteiger partial charge in [0.2, 0.25) is 0 Å². The van der Waals surface area contributed by atoms with Crippen molar-refractivity contribution in [3.63, 3.8) is 0 Å². The Morgan fingerprint density at radius 1 is 0.905 bits per heavy atom. The van der Waals surface area contributed by atoms with E-state index < -0.39 is 7.52 Å². The van der Waals surface area contributed by atoms with Crippen LogP contribution in [0.15, 0.2) is 48.5 Å². The molecule has 0 aliphatic carbocycles. The van der Waals surface area contributed by atoms with E-state index in [2.05, 4.69) is 5.09 Å². The van der Waals surface area contributed by atoms with Gasteiger partial charge in [-0.3, -0.25) is 4.57 Å². The van der Waals surface area contributed by atoms with Gasteiger partial charge < -0.3 is 19.1 Å². The van der Waals surface area contributed by atoms with Gasteiger partial charge in [-0.2, -0.15) is 0 Å². The maximum Gasteiger partial charge on any atom is 0.338 e. The highest BCUT2D eigenvalue weighted by Crippen LogP contribution is 2.46. The molecule has 0 saturated carbocycles. The molecule has 0 saturated heterocycles. The number of anilines is 1. The standard InChI is InChI=1S/C15H18NO4P/c1-18-13-10-8-12(9-11-13)16-21(3,17)20-15-7-5-4-6-14(15)19-2/h4-11H,1-3H3,(H,16,17)/t21-/m0/s1. The van der Waals surface area contributed by atoms with Crippen LogP contribution < -0.4 is 19.1 Å². The van der Waals surface area contributed by atoms with Crippen molar-refractivity contribution in [2.45, 2.75) is 0 Å². The summed E-state index contributed by atoms with van der Waals surface area (Å²) in [7, 11) is 0.0657. The van der Waals surface area contributed by atoms with Crippen LogP contribution in [0.2, 0.25) is 0 Å². The molecule has 0 amide bonds. The largest absolute Gasteiger partial charge is 0.497 e. The van der Waals surface area contributed by atoms with Gasteiger partial charge in [0.1, 0.15) is 5.75 Å². The number of nitrogens with one attached hydrogen (secondary N) is 1. The Morgan fingerprint density at radius 2 is 1.52 bits per heavy atom. The molecule has 0 aromatic heterocycles. The first-order valence-corrected chi connectivity index (χ1v) is 8.44. The molecule has 6 heteroatoms. The number of ether oxygens (including phenoxy) is 2. The molecule has 0 fully saturated rings. The van der Waals surface area contributed by atoms with Crippen LogP contribution in [-0.4, -0.2) is 20.9 Å². The lowest BCUT2D eigenvalue weighted by Gasteiger charge is -2.19. The van der Waals surface area contributed by atoms with Crippen molar-refractivity contribution >= 4 is 13.2 Å². The van der Waals surface area contributed by atoms with Crippen molar-refractivity contribution in [3.8, 4) is 17.2 Å². The number of rotatable bonds is 6. The predicted octanol–water partition coefficient (Wildman–Crippen LogP) is 4.02. The molecular formula is C15H18NO4P. The van der Waals surface area contributed by atoms with Crippen LogP contribution in [-0.2, 0) is 4.57 Å². The zero-order valence-electron chi connectivity index (χ0n) is 12.2. The summed E-state index contributed by atoms with van der Waals surface area (Å²) in [5.74, 6) is 1.71. The topological polar surface area (TPSA) is 56.8 Å². The van der Waals surface area contributed by atoms with Crippen molar-refractivity contribution in [1.29, 1.82) is 0 Å². The Kier molecular flexibility index (Phi) is 4.76. The molecule has 1 atom stereocenters. The van der Waals surface area contributed by atoms with E-state index in [1.54, 1.807) is 56.7 Å². The van der Waals surface area contributed by atoms with E-state index in [1.807, 2.05) is 6.07 Å². The molecule has 0 spiro atoms. The highest BCUT2D eigenvalue weighted by molar-refractivity contribution is 7.60. The third kappa shape index (κ3) is 4.17. The molecule has 112 valence electrons. The van der Waals surface area contributed by atoms with Crippen molar-refractivity contribution in [2.75, 3.05) is 26.0 Å². The smallest absolute Gasteiger partial charge is 0.338 e. The number of benzene rings is 2. The molecule has 2 rings (SSSR count). The Balaban J connectivity index is 2.12. The van der Waals surface area contributed by atoms with Crippen LogP contribution in [0.3, 0.4) is 0 Å². The normalized spacial score (nSPS) is 13.1. The lowest BCUT2D eigenvalue weighted by Crippen LogP contribution is -2.03. The lowest BCUT2D eigenvalue weighted by atomic mass is 10.3. The van der Waals surface area contributed by atoms with Crippen molar-refractivity contribution in [3.05, 3.63) is 48.5 Å². The zero-order valence-corrected chi connectivity index (χ0v) is 13.1. The minimum absolute atomic E-state index is 0.437. The first kappa shape index (κ1) is 15.3. The van der Waals surface area contributed by atoms with E-state index in [9.17, 15) is 4.57 Å². The van der Waals surface area contributed by atoms with Crippen molar-refractivity contribution in [1.82, 2.24) is 0 Å². The first-order chi connectivity index (χ1) is 10.0. The van der Waals surface area contributed by atoms with E-state index in [4.69, 9.17) is 14.0 Å². The molecule has 0 aliphatic heterocycles. The molecule has 0 aliphatic rings. The molecule has 0 heterocycles. The van der Waals surface area contributed by atoms with Gasteiger partial charge in [-0.1, -0.05) is 12.1 Å². The van der Waals surface area contributed by atoms with Gasteiger partial charge in [0.05, 0.1) is 14.2 Å². The predicted molar refractivity (Wildman–Crippen MR) is 83.8 cm³/mol. The summed E-state index contributed by atoms with van der Waals surface area (Å²) in [5, 5.41) is 2.89. The fourth-order valence-electron chi connectivity index (χ4n) is 1.80. The maximum absolute atomic E-state index is 12.6. The third-order valence-electron chi connectivity index (χ3n) is 2.76. The SMILES string of the molecule is COc1ccc(N[P@@](C)(=O)Oc2ccccc2OC)cc1. The average molecular weight is 307 g/mol. The minimum Gasteiger partial charge on any atom is -0.497 e. The van der Waals surface area contributed by atoms with Gasteiger partial charge in [-0.25, -0.2) is 0 Å². The second-order valence-electron chi connectivity index (χ2n) is 4.43. The van der Waals surface area contributed by atoms with Crippen LogP contribution in [0.1, 0.15) is 0 Å². The molecule has 0 unspecified atom stereocenters. The van der Waals surface area contributed by atoms with Crippen molar-refractivity contribution in [2.24, 2.45) is 0 Å². The molecule has 2 aromatic carbocycles. The van der Waals surface area contributed by atoms with E-state index in [1.165, 1.54) is 6.66 Å². The van der Waals surface area contributed by atoms with Gasteiger partial charge in [0.25, 0.3) is 0 Å². The Hall–Kier alpha value is -2.13. The average Bonchev–Trinajstić information content (AvgIpc) is 2.47. The summed E-state index contributed by atoms with van der Waals surface area (Å²) < 4.78 is 28.4. The summed E-state index contributed by atoms with van der Waals surface area (Å²) in [6.07, 6.45) is 0. The first-order valence-electron chi connectivity index (χ1n) is 6.36. The Bertz CT molecular complexity index is 642. The Morgan fingerprint density at radius 3 is 2.10 bits per heavy atom. The van der Waals surface area contributed by atoms with Crippen LogP contribution >= 0.6 is 7.52 Å². The van der Waals surface area contributed by atoms with Crippen LogP contribution in [0.4, 0.5) is 5.69 Å². The molecule has 21 heavy (non-hydrogen) atoms. The molecule has 0 radical (unpaired) electrons. The summed E-state index contributed by atoms with van der Waals surface area (Å²) in [6, 6.07) is 14.2. The summed E-state index contributed by atoms with van der Waals surface area (Å²) >= 11 is 0. The van der Waals surface area contributed by atoms with Gasteiger partial charge >= 0.3 is 7.52 Å². The van der Waals surface area contributed by atoms with E-state index in [-0.39, 0.29) is 0 Å². The van der Waals surface area contributed by atoms with Gasteiger partial charge in [-0.05, 0) is 36.4 Å². The number of methoxy groups -OCH3 is 2. The van der Waals surface area contributed by atoms with Gasteiger partial charge in [-0.15, -0.1) is 0 Å². The van der Waals surface area contributed by atoms with Gasteiger partial charge in [0, 0.05) is 12.4 Å². The molecule has 1 N–H and O–H groups in total. The van der Waals surface area contributed by atoms with E-state index >= 15 is 0 Å². The minimum atomic E-state index is -3.07. The second kappa shape index (κ2) is 6.55. The summed E-state index contributed by atoms with van der Waals surface area (Å²) in [5.41, 5.74) is 0.691. The third-order valence-corrected chi connectivity index (χ3v) is 3.97. The molecular weight excluding hydrogens is 289 g/mol. The van der Waals surface area contributed by atoms with Crippen LogP contribution in [0.5, 0.6) is 17.2 Å². The van der Waals surface area contributed by atoms with Crippen LogP contribution in [0.25, 0.3) is 0 Å². The van der Waals surface area contributed by atoms with E-state index in [0.29, 0.717) is 17.2 Å². The molecule has 2 aromatic rings. The van der Waals surface area contributed by atoms with Gasteiger partial charge in [0.15, 0.2) is 11.5 Å². The number of hydrogen-bond acceptors (Lipinski definition) is 4. The molecule has 5 nitrogen and oxygen atoms in total. The highest BCUT2D eigenvalue weighted by atomic mass is 31.2. The quantitative estimate of drug-likeness (QED) is 0.817. The summed E-state index contributed by atoms with van der Waals surface area (Å²) in [6.45, 7) is 1.52. The Labute approximate surface area is 124 Å². The lowest BCUT2D eigenvalue weighted by molar-refractivity contribution is 0.391. The van der Waals surface area contributed by atoms with Crippen LogP contribution in [0, 0.1) is 0 Å². The maximum atomic E-state index is 12.6. The van der Waals surface area contributed by atoms with E-state index in [0.717, 1.165) is 5.75 Å². The highest BCUT2D eigenvalue weighted by Gasteiger charge is 2.19. The monoisotopic (exact) mass is 307 g/mol. The number of para-hydroxylation sites is 2. The molecule has 0 bridgehead atoms. The van der Waals surface area contributed by atoms with Crippen molar-refractivity contribution < 1.29 is 18.6 Å².